The number of hydrogen-bond donors (Lipinski definition) is 1. The second-order valence-electron chi connectivity index (χ2n) is 6.27. The van der Waals surface area contributed by atoms with Crippen LogP contribution in [0.25, 0.3) is 0 Å². The predicted molar refractivity (Wildman–Crippen MR) is 85.5 cm³/mol. The molecule has 1 aromatic rings. The molecule has 1 aliphatic rings. The molecular weight excluding hydrogens is 293 g/mol. The predicted octanol–water partition coefficient (Wildman–Crippen LogP) is 4.54. The summed E-state index contributed by atoms with van der Waals surface area (Å²) in [6.45, 7) is 2.25. The van der Waals surface area contributed by atoms with Gasteiger partial charge in [-0.15, -0.1) is 0 Å². The lowest BCUT2D eigenvalue weighted by atomic mass is 9.71. The Labute approximate surface area is 131 Å². The fraction of sp³-hybridized carbons (Fsp3) is 0.625. The largest absolute Gasteiger partial charge is 0.386 e. The van der Waals surface area contributed by atoms with Gasteiger partial charge in [-0.3, -0.25) is 0 Å². The summed E-state index contributed by atoms with van der Waals surface area (Å²) in [5.41, 5.74) is 0.480. The molecule has 0 heterocycles. The SMILES string of the molecule is CC1CCCC(C(O)c2cc(Cl)ccc2Cl)(N(C)C)C1. The van der Waals surface area contributed by atoms with Gasteiger partial charge in [0.1, 0.15) is 0 Å². The molecule has 1 N–H and O–H groups in total. The van der Waals surface area contributed by atoms with Crippen molar-refractivity contribution in [2.24, 2.45) is 5.92 Å². The minimum Gasteiger partial charge on any atom is -0.386 e. The molecule has 1 aliphatic carbocycles. The van der Waals surface area contributed by atoms with E-state index in [0.29, 0.717) is 16.0 Å². The minimum atomic E-state index is -0.619. The standard InChI is InChI=1S/C16H23Cl2NO/c1-11-5-4-8-16(10-11,19(2)3)15(20)13-9-12(17)6-7-14(13)18/h6-7,9,11,15,20H,4-5,8,10H2,1-3H3. The highest BCUT2D eigenvalue weighted by atomic mass is 35.5. The molecular formula is C16H23Cl2NO. The van der Waals surface area contributed by atoms with E-state index in [9.17, 15) is 5.11 Å². The minimum absolute atomic E-state index is 0.258. The molecule has 112 valence electrons. The fourth-order valence-electron chi connectivity index (χ4n) is 3.48. The third-order valence-electron chi connectivity index (χ3n) is 4.66. The Bertz CT molecular complexity index is 478. The molecule has 1 fully saturated rings. The van der Waals surface area contributed by atoms with E-state index in [1.54, 1.807) is 18.2 Å². The Hall–Kier alpha value is -0.280. The summed E-state index contributed by atoms with van der Waals surface area (Å²) in [7, 11) is 4.08. The first-order valence-electron chi connectivity index (χ1n) is 7.17. The summed E-state index contributed by atoms with van der Waals surface area (Å²) in [6, 6.07) is 5.31. The van der Waals surface area contributed by atoms with Gasteiger partial charge in [-0.1, -0.05) is 43.0 Å². The van der Waals surface area contributed by atoms with Crippen molar-refractivity contribution in [2.75, 3.05) is 14.1 Å². The van der Waals surface area contributed by atoms with Gasteiger partial charge in [0, 0.05) is 15.6 Å². The third kappa shape index (κ3) is 2.99. The Morgan fingerprint density at radius 3 is 2.65 bits per heavy atom. The molecule has 2 nitrogen and oxygen atoms in total. The molecule has 20 heavy (non-hydrogen) atoms. The molecule has 1 aromatic carbocycles. The quantitative estimate of drug-likeness (QED) is 0.885. The summed E-state index contributed by atoms with van der Waals surface area (Å²) in [5.74, 6) is 0.610. The number of likely N-dealkylation sites (N-methyl/N-ethyl adjacent to an activating group) is 1. The van der Waals surface area contributed by atoms with E-state index in [1.165, 1.54) is 6.42 Å². The van der Waals surface area contributed by atoms with E-state index in [-0.39, 0.29) is 5.54 Å². The highest BCUT2D eigenvalue weighted by Crippen LogP contribution is 2.45. The Kier molecular flexibility index (Phi) is 5.01. The van der Waals surface area contributed by atoms with Gasteiger partial charge in [-0.25, -0.2) is 0 Å². The third-order valence-corrected chi connectivity index (χ3v) is 5.24. The van der Waals surface area contributed by atoms with E-state index < -0.39 is 6.10 Å². The van der Waals surface area contributed by atoms with Crippen LogP contribution in [0.5, 0.6) is 0 Å². The van der Waals surface area contributed by atoms with E-state index in [4.69, 9.17) is 23.2 Å². The van der Waals surface area contributed by atoms with E-state index in [0.717, 1.165) is 24.8 Å². The van der Waals surface area contributed by atoms with Crippen LogP contribution in [0.3, 0.4) is 0 Å². The van der Waals surface area contributed by atoms with E-state index >= 15 is 0 Å². The maximum Gasteiger partial charge on any atom is 0.0988 e. The Morgan fingerprint density at radius 2 is 2.05 bits per heavy atom. The van der Waals surface area contributed by atoms with E-state index in [2.05, 4.69) is 11.8 Å². The second kappa shape index (κ2) is 6.23. The number of rotatable bonds is 3. The first-order chi connectivity index (χ1) is 9.36. The van der Waals surface area contributed by atoms with E-state index in [1.807, 2.05) is 14.1 Å². The van der Waals surface area contributed by atoms with Crippen molar-refractivity contribution in [1.29, 1.82) is 0 Å². The van der Waals surface area contributed by atoms with Crippen LogP contribution in [-0.4, -0.2) is 29.6 Å². The van der Waals surface area contributed by atoms with Crippen molar-refractivity contribution in [3.63, 3.8) is 0 Å². The topological polar surface area (TPSA) is 23.5 Å². The number of benzene rings is 1. The highest BCUT2D eigenvalue weighted by molar-refractivity contribution is 6.33. The molecule has 0 aliphatic heterocycles. The molecule has 0 saturated heterocycles. The molecule has 0 amide bonds. The first-order valence-corrected chi connectivity index (χ1v) is 7.93. The normalized spacial score (nSPS) is 28.6. The number of aliphatic hydroxyl groups excluding tert-OH is 1. The Morgan fingerprint density at radius 1 is 1.35 bits per heavy atom. The number of nitrogens with zero attached hydrogens (tertiary/aromatic N) is 1. The van der Waals surface area contributed by atoms with Crippen LogP contribution in [0.2, 0.25) is 10.0 Å². The van der Waals surface area contributed by atoms with Crippen molar-refractivity contribution < 1.29 is 5.11 Å². The van der Waals surface area contributed by atoms with Crippen LogP contribution in [0.1, 0.15) is 44.3 Å². The zero-order valence-electron chi connectivity index (χ0n) is 12.4. The van der Waals surface area contributed by atoms with Crippen LogP contribution in [-0.2, 0) is 0 Å². The molecule has 2 rings (SSSR count). The molecule has 0 spiro atoms. The highest BCUT2D eigenvalue weighted by Gasteiger charge is 2.44. The Balaban J connectivity index is 2.41. The number of hydrogen-bond acceptors (Lipinski definition) is 2. The van der Waals surface area contributed by atoms with Gasteiger partial charge in [-0.05, 0) is 51.1 Å². The van der Waals surface area contributed by atoms with Gasteiger partial charge in [-0.2, -0.15) is 0 Å². The molecule has 0 radical (unpaired) electrons. The van der Waals surface area contributed by atoms with Crippen molar-refractivity contribution in [3.05, 3.63) is 33.8 Å². The van der Waals surface area contributed by atoms with Crippen molar-refractivity contribution in [2.45, 2.75) is 44.2 Å². The average Bonchev–Trinajstić information content (AvgIpc) is 2.40. The number of aliphatic hydroxyl groups is 1. The van der Waals surface area contributed by atoms with Gasteiger partial charge in [0.15, 0.2) is 0 Å². The van der Waals surface area contributed by atoms with Gasteiger partial charge in [0.05, 0.1) is 11.6 Å². The molecule has 3 unspecified atom stereocenters. The summed E-state index contributed by atoms with van der Waals surface area (Å²) < 4.78 is 0. The maximum absolute atomic E-state index is 11.0. The van der Waals surface area contributed by atoms with Gasteiger partial charge in [0.25, 0.3) is 0 Å². The number of halogens is 2. The lowest BCUT2D eigenvalue weighted by Gasteiger charge is -2.48. The molecule has 3 atom stereocenters. The summed E-state index contributed by atoms with van der Waals surface area (Å²) >= 11 is 12.3. The fourth-order valence-corrected chi connectivity index (χ4v) is 3.88. The lowest BCUT2D eigenvalue weighted by Crippen LogP contribution is -2.52. The summed E-state index contributed by atoms with van der Waals surface area (Å²) in [4.78, 5) is 2.16. The van der Waals surface area contributed by atoms with Gasteiger partial charge in [0.2, 0.25) is 0 Å². The zero-order chi connectivity index (χ0) is 14.9. The first kappa shape index (κ1) is 16.1. The van der Waals surface area contributed by atoms with Gasteiger partial charge < -0.3 is 10.0 Å². The summed E-state index contributed by atoms with van der Waals surface area (Å²) in [5, 5.41) is 12.2. The smallest absolute Gasteiger partial charge is 0.0988 e. The lowest BCUT2D eigenvalue weighted by molar-refractivity contribution is -0.0450. The molecule has 0 aromatic heterocycles. The van der Waals surface area contributed by atoms with Crippen LogP contribution in [0.4, 0.5) is 0 Å². The molecule has 4 heteroatoms. The average molecular weight is 316 g/mol. The van der Waals surface area contributed by atoms with Gasteiger partial charge >= 0.3 is 0 Å². The maximum atomic E-state index is 11.0. The van der Waals surface area contributed by atoms with Crippen molar-refractivity contribution >= 4 is 23.2 Å². The van der Waals surface area contributed by atoms with Crippen LogP contribution < -0.4 is 0 Å². The van der Waals surface area contributed by atoms with Crippen LogP contribution >= 0.6 is 23.2 Å². The summed E-state index contributed by atoms with van der Waals surface area (Å²) in [6.07, 6.45) is 3.70. The second-order valence-corrected chi connectivity index (χ2v) is 7.11. The molecule has 1 saturated carbocycles. The molecule has 0 bridgehead atoms. The van der Waals surface area contributed by atoms with Crippen LogP contribution in [0, 0.1) is 5.92 Å². The zero-order valence-corrected chi connectivity index (χ0v) is 13.9. The monoisotopic (exact) mass is 315 g/mol. The van der Waals surface area contributed by atoms with Crippen molar-refractivity contribution in [3.8, 4) is 0 Å². The van der Waals surface area contributed by atoms with Crippen molar-refractivity contribution in [1.82, 2.24) is 4.90 Å². The van der Waals surface area contributed by atoms with Crippen LogP contribution in [0.15, 0.2) is 18.2 Å².